The second kappa shape index (κ2) is 3.07. The third-order valence-electron chi connectivity index (χ3n) is 2.49. The summed E-state index contributed by atoms with van der Waals surface area (Å²) in [7, 11) is 0. The lowest BCUT2D eigenvalue weighted by molar-refractivity contribution is -0.133. The van der Waals surface area contributed by atoms with Crippen molar-refractivity contribution in [2.24, 2.45) is 0 Å². The van der Waals surface area contributed by atoms with Gasteiger partial charge in [-0.05, 0) is 5.56 Å². The normalized spacial score (nSPS) is 19.9. The number of hydrogen-bond acceptors (Lipinski definition) is 1. The Balaban J connectivity index is 2.32. The average molecular weight is 184 g/mol. The first-order valence-electron chi connectivity index (χ1n) is 4.17. The summed E-state index contributed by atoms with van der Waals surface area (Å²) < 4.78 is 30.4. The van der Waals surface area contributed by atoms with E-state index in [1.165, 1.54) is 0 Å². The Morgan fingerprint density at radius 1 is 1.15 bits per heavy atom. The van der Waals surface area contributed by atoms with Gasteiger partial charge in [0.1, 0.15) is 5.41 Å². The summed E-state index contributed by atoms with van der Waals surface area (Å²) >= 11 is 0. The molecule has 0 radical (unpaired) electrons. The van der Waals surface area contributed by atoms with Gasteiger partial charge in [-0.1, -0.05) is 30.3 Å². The quantitative estimate of drug-likeness (QED) is 0.684. The van der Waals surface area contributed by atoms with E-state index in [2.05, 4.69) is 0 Å². The first kappa shape index (κ1) is 8.63. The minimum atomic E-state index is -2.34. The molecule has 0 aromatic heterocycles. The first-order valence-corrected chi connectivity index (χ1v) is 4.17. The highest BCUT2D eigenvalue weighted by atomic mass is 19.3. The van der Waals surface area contributed by atoms with Crippen LogP contribution in [-0.4, -0.2) is 19.6 Å². The van der Waals surface area contributed by atoms with Gasteiger partial charge in [-0.2, -0.15) is 0 Å². The summed E-state index contributed by atoms with van der Waals surface area (Å²) in [5.41, 5.74) is -0.363. The first-order chi connectivity index (χ1) is 6.26. The molecular formula is C10H10F2O. The van der Waals surface area contributed by atoms with Gasteiger partial charge < -0.3 is 4.74 Å². The third kappa shape index (κ3) is 1.23. The highest BCUT2D eigenvalue weighted by Gasteiger charge is 2.48. The number of benzene rings is 1. The Kier molecular flexibility index (Phi) is 2.04. The van der Waals surface area contributed by atoms with Crippen LogP contribution in [0, 0.1) is 0 Å². The monoisotopic (exact) mass is 184 g/mol. The van der Waals surface area contributed by atoms with Crippen LogP contribution in [0.2, 0.25) is 0 Å². The summed E-state index contributed by atoms with van der Waals surface area (Å²) in [5.74, 6) is 0. The Hall–Kier alpha value is -0.960. The Bertz CT molecular complexity index is 280. The van der Waals surface area contributed by atoms with Gasteiger partial charge in [0.15, 0.2) is 0 Å². The lowest BCUT2D eigenvalue weighted by atomic mass is 9.79. The van der Waals surface area contributed by atoms with Crippen LogP contribution in [0.1, 0.15) is 5.56 Å². The number of ether oxygens (including phenoxy) is 1. The maximum atomic E-state index is 12.7. The fourth-order valence-corrected chi connectivity index (χ4v) is 1.51. The molecule has 13 heavy (non-hydrogen) atoms. The van der Waals surface area contributed by atoms with Crippen LogP contribution in [0.25, 0.3) is 0 Å². The molecule has 1 aliphatic rings. The number of rotatable bonds is 2. The summed E-state index contributed by atoms with van der Waals surface area (Å²) in [6, 6.07) is 8.83. The highest BCUT2D eigenvalue weighted by molar-refractivity contribution is 5.28. The molecule has 0 saturated carbocycles. The van der Waals surface area contributed by atoms with Crippen molar-refractivity contribution >= 4 is 0 Å². The summed E-state index contributed by atoms with van der Waals surface area (Å²) in [5, 5.41) is 0. The van der Waals surface area contributed by atoms with E-state index in [0.717, 1.165) is 0 Å². The van der Waals surface area contributed by atoms with E-state index in [0.29, 0.717) is 5.56 Å². The molecule has 3 heteroatoms. The minimum Gasteiger partial charge on any atom is -0.379 e. The lowest BCUT2D eigenvalue weighted by Gasteiger charge is -2.40. The van der Waals surface area contributed by atoms with Gasteiger partial charge in [0.25, 0.3) is 6.43 Å². The van der Waals surface area contributed by atoms with Crippen LogP contribution < -0.4 is 0 Å². The largest absolute Gasteiger partial charge is 0.379 e. The molecule has 0 spiro atoms. The van der Waals surface area contributed by atoms with Gasteiger partial charge in [0, 0.05) is 0 Å². The molecule has 1 aromatic carbocycles. The maximum absolute atomic E-state index is 12.7. The topological polar surface area (TPSA) is 9.23 Å². The highest BCUT2D eigenvalue weighted by Crippen LogP contribution is 2.37. The van der Waals surface area contributed by atoms with Crippen LogP contribution >= 0.6 is 0 Å². The van der Waals surface area contributed by atoms with Crippen LogP contribution in [-0.2, 0) is 10.2 Å². The molecule has 1 fully saturated rings. The average Bonchev–Trinajstić information content (AvgIpc) is 2.03. The molecule has 1 saturated heterocycles. The second-order valence-corrected chi connectivity index (χ2v) is 3.32. The Morgan fingerprint density at radius 3 is 2.15 bits per heavy atom. The fourth-order valence-electron chi connectivity index (χ4n) is 1.51. The Morgan fingerprint density at radius 2 is 1.77 bits per heavy atom. The molecule has 1 heterocycles. The molecule has 0 N–H and O–H groups in total. The van der Waals surface area contributed by atoms with Crippen LogP contribution in [0.3, 0.4) is 0 Å². The van der Waals surface area contributed by atoms with Gasteiger partial charge >= 0.3 is 0 Å². The number of hydrogen-bond donors (Lipinski definition) is 0. The van der Waals surface area contributed by atoms with E-state index in [1.54, 1.807) is 24.3 Å². The second-order valence-electron chi connectivity index (χ2n) is 3.32. The molecule has 2 rings (SSSR count). The zero-order valence-electron chi connectivity index (χ0n) is 7.04. The van der Waals surface area contributed by atoms with E-state index >= 15 is 0 Å². The molecule has 1 aromatic rings. The van der Waals surface area contributed by atoms with Crippen molar-refractivity contribution in [1.29, 1.82) is 0 Å². The molecule has 0 unspecified atom stereocenters. The van der Waals surface area contributed by atoms with Crippen molar-refractivity contribution < 1.29 is 13.5 Å². The smallest absolute Gasteiger partial charge is 0.252 e. The van der Waals surface area contributed by atoms with Crippen LogP contribution in [0.15, 0.2) is 30.3 Å². The number of alkyl halides is 2. The third-order valence-corrected chi connectivity index (χ3v) is 2.49. The van der Waals surface area contributed by atoms with Crippen molar-refractivity contribution in [3.8, 4) is 0 Å². The predicted octanol–water partition coefficient (Wildman–Crippen LogP) is 2.22. The van der Waals surface area contributed by atoms with E-state index in [-0.39, 0.29) is 13.2 Å². The van der Waals surface area contributed by atoms with Crippen molar-refractivity contribution in [1.82, 2.24) is 0 Å². The molecule has 0 aliphatic carbocycles. The predicted molar refractivity (Wildman–Crippen MR) is 44.9 cm³/mol. The molecule has 1 nitrogen and oxygen atoms in total. The molecule has 1 aliphatic heterocycles. The van der Waals surface area contributed by atoms with E-state index in [4.69, 9.17) is 4.74 Å². The van der Waals surface area contributed by atoms with Crippen molar-refractivity contribution in [2.45, 2.75) is 11.8 Å². The van der Waals surface area contributed by atoms with Crippen LogP contribution in [0.4, 0.5) is 8.78 Å². The van der Waals surface area contributed by atoms with Crippen molar-refractivity contribution in [3.05, 3.63) is 35.9 Å². The van der Waals surface area contributed by atoms with Gasteiger partial charge in [0.2, 0.25) is 0 Å². The zero-order valence-corrected chi connectivity index (χ0v) is 7.04. The van der Waals surface area contributed by atoms with E-state index < -0.39 is 11.8 Å². The lowest BCUT2D eigenvalue weighted by Crippen LogP contribution is -2.52. The molecule has 0 atom stereocenters. The summed E-state index contributed by atoms with van der Waals surface area (Å²) in [4.78, 5) is 0. The molecule has 70 valence electrons. The molecular weight excluding hydrogens is 174 g/mol. The SMILES string of the molecule is FC(F)C1(c2ccccc2)COC1. The standard InChI is InChI=1S/C10H10F2O/c11-9(12)10(6-13-7-10)8-4-2-1-3-5-8/h1-5,9H,6-7H2. The van der Waals surface area contributed by atoms with Crippen molar-refractivity contribution in [3.63, 3.8) is 0 Å². The van der Waals surface area contributed by atoms with E-state index in [1.807, 2.05) is 6.07 Å². The van der Waals surface area contributed by atoms with Crippen LogP contribution in [0.5, 0.6) is 0 Å². The zero-order chi connectivity index (χ0) is 9.31. The summed E-state index contributed by atoms with van der Waals surface area (Å²) in [6.07, 6.45) is -2.34. The molecule has 0 amide bonds. The summed E-state index contributed by atoms with van der Waals surface area (Å²) in [6.45, 7) is 0.267. The van der Waals surface area contributed by atoms with Gasteiger partial charge in [-0.25, -0.2) is 8.78 Å². The Labute approximate surface area is 75.3 Å². The van der Waals surface area contributed by atoms with E-state index in [9.17, 15) is 8.78 Å². The number of halogens is 2. The van der Waals surface area contributed by atoms with Crippen molar-refractivity contribution in [2.75, 3.05) is 13.2 Å². The van der Waals surface area contributed by atoms with Gasteiger partial charge in [-0.15, -0.1) is 0 Å². The maximum Gasteiger partial charge on any atom is 0.252 e. The molecule has 0 bridgehead atoms. The van der Waals surface area contributed by atoms with Gasteiger partial charge in [0.05, 0.1) is 13.2 Å². The fraction of sp³-hybridized carbons (Fsp3) is 0.400. The minimum absolute atomic E-state index is 0.134. The van der Waals surface area contributed by atoms with Gasteiger partial charge in [-0.3, -0.25) is 0 Å².